The van der Waals surface area contributed by atoms with Crippen LogP contribution in [0.2, 0.25) is 0 Å². The minimum absolute atomic E-state index is 0.242. The van der Waals surface area contributed by atoms with E-state index in [4.69, 9.17) is 9.26 Å². The van der Waals surface area contributed by atoms with Gasteiger partial charge in [-0.05, 0) is 37.8 Å². The summed E-state index contributed by atoms with van der Waals surface area (Å²) in [5, 5.41) is 3.94. The second kappa shape index (κ2) is 7.78. The van der Waals surface area contributed by atoms with Gasteiger partial charge in [0.05, 0.1) is 6.54 Å². The lowest BCUT2D eigenvalue weighted by atomic mass is 9.85. The van der Waals surface area contributed by atoms with Crippen LogP contribution < -0.4 is 0 Å². The first-order valence-electron chi connectivity index (χ1n) is 9.60. The van der Waals surface area contributed by atoms with E-state index in [1.165, 1.54) is 5.56 Å². The zero-order chi connectivity index (χ0) is 18.7. The molecule has 2 aliphatic rings. The predicted octanol–water partition coefficient (Wildman–Crippen LogP) is 2.37. The monoisotopic (exact) mass is 370 g/mol. The maximum Gasteiger partial charge on any atom is 0.243 e. The molecule has 1 unspecified atom stereocenters. The van der Waals surface area contributed by atoms with Crippen LogP contribution >= 0.6 is 0 Å². The first-order chi connectivity index (χ1) is 13.2. The third-order valence-electron chi connectivity index (χ3n) is 5.65. The molecule has 4 rings (SSSR count). The van der Waals surface area contributed by atoms with Crippen LogP contribution in [0.3, 0.4) is 0 Å². The summed E-state index contributed by atoms with van der Waals surface area (Å²) in [6, 6.07) is 10.2. The van der Waals surface area contributed by atoms with Gasteiger partial charge in [0.1, 0.15) is 12.1 Å². The van der Waals surface area contributed by atoms with Gasteiger partial charge < -0.3 is 14.2 Å². The summed E-state index contributed by atoms with van der Waals surface area (Å²) < 4.78 is 10.4. The number of ether oxygens (including phenoxy) is 1. The van der Waals surface area contributed by atoms with E-state index in [-0.39, 0.29) is 5.91 Å². The average molecular weight is 370 g/mol. The Hall–Kier alpha value is -2.25. The van der Waals surface area contributed by atoms with Gasteiger partial charge in [-0.25, -0.2) is 0 Å². The van der Waals surface area contributed by atoms with Crippen molar-refractivity contribution in [2.45, 2.75) is 50.9 Å². The molecule has 2 fully saturated rings. The van der Waals surface area contributed by atoms with E-state index in [0.717, 1.165) is 38.8 Å². The SMILES string of the molecule is COCc1noc(CN2CCCC23CCCN(Cc2ccccc2)C3=O)n1. The number of nitrogens with zero attached hydrogens (tertiary/aromatic N) is 4. The van der Waals surface area contributed by atoms with Crippen LogP contribution in [-0.4, -0.2) is 51.6 Å². The van der Waals surface area contributed by atoms with Crippen LogP contribution in [-0.2, 0) is 29.2 Å². The Morgan fingerprint density at radius 3 is 2.70 bits per heavy atom. The van der Waals surface area contributed by atoms with Gasteiger partial charge in [0.25, 0.3) is 0 Å². The average Bonchev–Trinajstić information content (AvgIpc) is 3.29. The molecule has 0 bridgehead atoms. The Labute approximate surface area is 159 Å². The summed E-state index contributed by atoms with van der Waals surface area (Å²) in [5.74, 6) is 1.34. The first-order valence-corrected chi connectivity index (χ1v) is 9.60. The fourth-order valence-corrected chi connectivity index (χ4v) is 4.42. The fourth-order valence-electron chi connectivity index (χ4n) is 4.42. The minimum Gasteiger partial charge on any atom is -0.377 e. The molecule has 1 amide bonds. The van der Waals surface area contributed by atoms with Crippen molar-refractivity contribution in [2.24, 2.45) is 0 Å². The van der Waals surface area contributed by atoms with E-state index in [2.05, 4.69) is 27.2 Å². The Morgan fingerprint density at radius 1 is 1.15 bits per heavy atom. The van der Waals surface area contributed by atoms with Crippen molar-refractivity contribution < 1.29 is 14.1 Å². The number of hydrogen-bond donors (Lipinski definition) is 0. The van der Waals surface area contributed by atoms with Gasteiger partial charge in [0.2, 0.25) is 11.8 Å². The lowest BCUT2D eigenvalue weighted by Gasteiger charge is -2.44. The van der Waals surface area contributed by atoms with Gasteiger partial charge in [0, 0.05) is 20.2 Å². The van der Waals surface area contributed by atoms with Gasteiger partial charge in [0.15, 0.2) is 5.82 Å². The molecule has 1 aromatic carbocycles. The van der Waals surface area contributed by atoms with Crippen molar-refractivity contribution in [3.05, 3.63) is 47.6 Å². The van der Waals surface area contributed by atoms with E-state index >= 15 is 0 Å². The lowest BCUT2D eigenvalue weighted by molar-refractivity contribution is -0.148. The minimum atomic E-state index is -0.428. The number of aromatic nitrogens is 2. The molecule has 0 radical (unpaired) electrons. The zero-order valence-electron chi connectivity index (χ0n) is 15.8. The largest absolute Gasteiger partial charge is 0.377 e. The first kappa shape index (κ1) is 18.1. The Balaban J connectivity index is 1.50. The molecule has 7 nitrogen and oxygen atoms in total. The number of piperidine rings is 1. The zero-order valence-corrected chi connectivity index (χ0v) is 15.8. The maximum atomic E-state index is 13.5. The molecule has 0 aliphatic carbocycles. The Morgan fingerprint density at radius 2 is 1.93 bits per heavy atom. The van der Waals surface area contributed by atoms with Crippen LogP contribution in [0.25, 0.3) is 0 Å². The van der Waals surface area contributed by atoms with Crippen LogP contribution in [0.5, 0.6) is 0 Å². The third-order valence-corrected chi connectivity index (χ3v) is 5.65. The highest BCUT2D eigenvalue weighted by Crippen LogP contribution is 2.39. The molecule has 7 heteroatoms. The number of likely N-dealkylation sites (tertiary alicyclic amines) is 2. The van der Waals surface area contributed by atoms with Crippen molar-refractivity contribution in [3.63, 3.8) is 0 Å². The molecule has 2 aromatic rings. The summed E-state index contributed by atoms with van der Waals surface area (Å²) in [6.45, 7) is 3.22. The maximum absolute atomic E-state index is 13.5. The van der Waals surface area contributed by atoms with Crippen LogP contribution in [0.1, 0.15) is 43.0 Å². The predicted molar refractivity (Wildman–Crippen MR) is 98.5 cm³/mol. The third kappa shape index (κ3) is 3.61. The molecule has 0 saturated carbocycles. The number of methoxy groups -OCH3 is 1. The van der Waals surface area contributed by atoms with Gasteiger partial charge >= 0.3 is 0 Å². The molecule has 1 aromatic heterocycles. The van der Waals surface area contributed by atoms with Crippen molar-refractivity contribution in [2.75, 3.05) is 20.2 Å². The van der Waals surface area contributed by atoms with E-state index in [9.17, 15) is 4.79 Å². The summed E-state index contributed by atoms with van der Waals surface area (Å²) in [4.78, 5) is 22.1. The molecule has 1 atom stereocenters. The lowest BCUT2D eigenvalue weighted by Crippen LogP contribution is -2.59. The molecule has 1 spiro atoms. The molecular formula is C20H26N4O3. The number of benzene rings is 1. The van der Waals surface area contributed by atoms with Crippen LogP contribution in [0, 0.1) is 0 Å². The summed E-state index contributed by atoms with van der Waals surface area (Å²) >= 11 is 0. The number of hydrogen-bond acceptors (Lipinski definition) is 6. The van der Waals surface area contributed by atoms with Gasteiger partial charge in [-0.3, -0.25) is 9.69 Å². The summed E-state index contributed by atoms with van der Waals surface area (Å²) in [6.07, 6.45) is 3.84. The van der Waals surface area contributed by atoms with Crippen LogP contribution in [0.15, 0.2) is 34.9 Å². The standard InChI is InChI=1S/C20H26N4O3/c1-26-15-17-21-18(27-22-17)14-24-12-6-10-20(24)9-5-11-23(19(20)25)13-16-7-3-2-4-8-16/h2-4,7-8H,5-6,9-15H2,1H3. The van der Waals surface area contributed by atoms with E-state index < -0.39 is 5.54 Å². The smallest absolute Gasteiger partial charge is 0.243 e. The Kier molecular flexibility index (Phi) is 5.22. The van der Waals surface area contributed by atoms with Gasteiger partial charge in [-0.2, -0.15) is 4.98 Å². The second-order valence-corrected chi connectivity index (χ2v) is 7.41. The molecule has 2 saturated heterocycles. The Bertz CT molecular complexity index is 779. The fraction of sp³-hybridized carbons (Fsp3) is 0.550. The van der Waals surface area contributed by atoms with Crippen LogP contribution in [0.4, 0.5) is 0 Å². The normalized spacial score (nSPS) is 23.4. The molecule has 0 N–H and O–H groups in total. The highest BCUT2D eigenvalue weighted by molar-refractivity contribution is 5.87. The topological polar surface area (TPSA) is 71.7 Å². The molecular weight excluding hydrogens is 344 g/mol. The molecule has 144 valence electrons. The number of amides is 1. The number of rotatable bonds is 6. The molecule has 2 aliphatic heterocycles. The second-order valence-electron chi connectivity index (χ2n) is 7.41. The van der Waals surface area contributed by atoms with Gasteiger partial charge in [-0.1, -0.05) is 35.5 Å². The number of carbonyl (C=O) groups is 1. The van der Waals surface area contributed by atoms with Crippen molar-refractivity contribution in [3.8, 4) is 0 Å². The van der Waals surface area contributed by atoms with E-state index in [1.54, 1.807) is 7.11 Å². The van der Waals surface area contributed by atoms with E-state index in [0.29, 0.717) is 31.4 Å². The van der Waals surface area contributed by atoms with E-state index in [1.807, 2.05) is 23.1 Å². The highest BCUT2D eigenvalue weighted by Gasteiger charge is 2.51. The summed E-state index contributed by atoms with van der Waals surface area (Å²) in [7, 11) is 1.60. The number of carbonyl (C=O) groups excluding carboxylic acids is 1. The highest BCUT2D eigenvalue weighted by atomic mass is 16.5. The summed E-state index contributed by atoms with van der Waals surface area (Å²) in [5.41, 5.74) is 0.747. The van der Waals surface area contributed by atoms with Crippen molar-refractivity contribution in [1.82, 2.24) is 19.9 Å². The molecule has 27 heavy (non-hydrogen) atoms. The van der Waals surface area contributed by atoms with Crippen molar-refractivity contribution >= 4 is 5.91 Å². The van der Waals surface area contributed by atoms with Gasteiger partial charge in [-0.15, -0.1) is 0 Å². The van der Waals surface area contributed by atoms with Crippen molar-refractivity contribution in [1.29, 1.82) is 0 Å². The molecule has 3 heterocycles. The quantitative estimate of drug-likeness (QED) is 0.777.